The highest BCUT2D eigenvalue weighted by Gasteiger charge is 2.13. The highest BCUT2D eigenvalue weighted by Crippen LogP contribution is 2.23. The van der Waals surface area contributed by atoms with Crippen molar-refractivity contribution in [2.45, 2.75) is 12.5 Å². The number of nitrogens with two attached hydrogens (primary N) is 1. The van der Waals surface area contributed by atoms with Crippen LogP contribution in [-0.2, 0) is 4.74 Å². The standard InChI is InChI=1S/C12H13NO3/c1-3-4-11(16-12(13)14)9-5-7-10(15-2)8-6-9/h1,5-8,11H,4H2,2H3,(H2,13,14). The number of ether oxygens (including phenoxy) is 2. The monoisotopic (exact) mass is 219 g/mol. The summed E-state index contributed by atoms with van der Waals surface area (Å²) in [7, 11) is 1.58. The lowest BCUT2D eigenvalue weighted by molar-refractivity contribution is 0.109. The Morgan fingerprint density at radius 1 is 1.50 bits per heavy atom. The number of hydrogen-bond acceptors (Lipinski definition) is 3. The lowest BCUT2D eigenvalue weighted by Crippen LogP contribution is -2.17. The smallest absolute Gasteiger partial charge is 0.405 e. The molecule has 0 aliphatic rings. The summed E-state index contributed by atoms with van der Waals surface area (Å²) in [6, 6.07) is 7.10. The third-order valence-electron chi connectivity index (χ3n) is 2.05. The molecule has 0 aromatic heterocycles. The molecule has 0 radical (unpaired) electrons. The first-order valence-electron chi connectivity index (χ1n) is 4.71. The molecule has 1 aromatic rings. The number of hydrogen-bond donors (Lipinski definition) is 1. The van der Waals surface area contributed by atoms with Gasteiger partial charge in [-0.2, -0.15) is 0 Å². The largest absolute Gasteiger partial charge is 0.497 e. The molecule has 0 spiro atoms. The average molecular weight is 219 g/mol. The molecule has 0 bridgehead atoms. The van der Waals surface area contributed by atoms with Gasteiger partial charge in [0.25, 0.3) is 0 Å². The van der Waals surface area contributed by atoms with Gasteiger partial charge in [0.1, 0.15) is 11.9 Å². The number of terminal acetylenes is 1. The zero-order chi connectivity index (χ0) is 12.0. The second-order valence-electron chi connectivity index (χ2n) is 3.11. The summed E-state index contributed by atoms with van der Waals surface area (Å²) >= 11 is 0. The first kappa shape index (κ1) is 11.9. The van der Waals surface area contributed by atoms with E-state index in [0.717, 1.165) is 11.3 Å². The van der Waals surface area contributed by atoms with E-state index < -0.39 is 12.2 Å². The van der Waals surface area contributed by atoms with Crippen LogP contribution in [0.5, 0.6) is 5.75 Å². The Labute approximate surface area is 94.3 Å². The van der Waals surface area contributed by atoms with Crippen molar-refractivity contribution in [1.82, 2.24) is 0 Å². The van der Waals surface area contributed by atoms with Gasteiger partial charge >= 0.3 is 6.09 Å². The third kappa shape index (κ3) is 3.21. The Kier molecular flexibility index (Phi) is 4.22. The first-order chi connectivity index (χ1) is 7.67. The maximum absolute atomic E-state index is 10.7. The predicted molar refractivity (Wildman–Crippen MR) is 59.9 cm³/mol. The van der Waals surface area contributed by atoms with Gasteiger partial charge in [0.15, 0.2) is 0 Å². The van der Waals surface area contributed by atoms with E-state index in [4.69, 9.17) is 21.6 Å². The Morgan fingerprint density at radius 2 is 2.12 bits per heavy atom. The molecular weight excluding hydrogens is 206 g/mol. The molecule has 0 aliphatic carbocycles. The summed E-state index contributed by atoms with van der Waals surface area (Å²) in [6.07, 6.45) is 4.14. The van der Waals surface area contributed by atoms with Crippen LogP contribution in [0.3, 0.4) is 0 Å². The third-order valence-corrected chi connectivity index (χ3v) is 2.05. The molecule has 0 fully saturated rings. The second kappa shape index (κ2) is 5.66. The van der Waals surface area contributed by atoms with Crippen LogP contribution in [0.15, 0.2) is 24.3 Å². The number of carbonyl (C=O) groups is 1. The SMILES string of the molecule is C#CCC(OC(N)=O)c1ccc(OC)cc1. The molecule has 4 nitrogen and oxygen atoms in total. The Balaban J connectivity index is 2.84. The molecule has 84 valence electrons. The van der Waals surface area contributed by atoms with Gasteiger partial charge in [-0.05, 0) is 17.7 Å². The van der Waals surface area contributed by atoms with Gasteiger partial charge in [-0.1, -0.05) is 12.1 Å². The number of carbonyl (C=O) groups excluding carboxylic acids is 1. The van der Waals surface area contributed by atoms with E-state index in [0.29, 0.717) is 0 Å². The van der Waals surface area contributed by atoms with Crippen molar-refractivity contribution in [1.29, 1.82) is 0 Å². The number of amides is 1. The lowest BCUT2D eigenvalue weighted by atomic mass is 10.1. The van der Waals surface area contributed by atoms with Crippen LogP contribution >= 0.6 is 0 Å². The van der Waals surface area contributed by atoms with Crippen molar-refractivity contribution in [2.24, 2.45) is 5.73 Å². The molecule has 1 aromatic carbocycles. The Hall–Kier alpha value is -2.15. The fourth-order valence-corrected chi connectivity index (χ4v) is 1.29. The summed E-state index contributed by atoms with van der Waals surface area (Å²) in [6.45, 7) is 0. The van der Waals surface area contributed by atoms with Crippen molar-refractivity contribution >= 4 is 6.09 Å². The molecule has 1 atom stereocenters. The van der Waals surface area contributed by atoms with Crippen molar-refractivity contribution in [3.8, 4) is 18.1 Å². The summed E-state index contributed by atoms with van der Waals surface area (Å²) in [5, 5.41) is 0. The van der Waals surface area contributed by atoms with E-state index in [2.05, 4.69) is 5.92 Å². The van der Waals surface area contributed by atoms with Gasteiger partial charge in [0, 0.05) is 0 Å². The topological polar surface area (TPSA) is 61.5 Å². The Bertz CT molecular complexity index is 392. The van der Waals surface area contributed by atoms with E-state index in [1.54, 1.807) is 31.4 Å². The van der Waals surface area contributed by atoms with Crippen LogP contribution in [0.2, 0.25) is 0 Å². The fourth-order valence-electron chi connectivity index (χ4n) is 1.29. The van der Waals surface area contributed by atoms with Gasteiger partial charge in [-0.3, -0.25) is 0 Å². The number of rotatable bonds is 4. The van der Waals surface area contributed by atoms with Gasteiger partial charge in [-0.15, -0.1) is 12.3 Å². The van der Waals surface area contributed by atoms with Crippen LogP contribution in [0.4, 0.5) is 4.79 Å². The van der Waals surface area contributed by atoms with E-state index in [1.165, 1.54) is 0 Å². The molecule has 2 N–H and O–H groups in total. The first-order valence-corrected chi connectivity index (χ1v) is 4.71. The van der Waals surface area contributed by atoms with Crippen molar-refractivity contribution < 1.29 is 14.3 Å². The van der Waals surface area contributed by atoms with Crippen LogP contribution in [0.1, 0.15) is 18.1 Å². The van der Waals surface area contributed by atoms with E-state index >= 15 is 0 Å². The van der Waals surface area contributed by atoms with Crippen molar-refractivity contribution in [3.05, 3.63) is 29.8 Å². The highest BCUT2D eigenvalue weighted by atomic mass is 16.6. The zero-order valence-corrected chi connectivity index (χ0v) is 8.97. The maximum Gasteiger partial charge on any atom is 0.405 e. The van der Waals surface area contributed by atoms with Crippen molar-refractivity contribution in [3.63, 3.8) is 0 Å². The molecule has 16 heavy (non-hydrogen) atoms. The minimum absolute atomic E-state index is 0.287. The second-order valence-corrected chi connectivity index (χ2v) is 3.11. The summed E-state index contributed by atoms with van der Waals surface area (Å²) < 4.78 is 9.92. The highest BCUT2D eigenvalue weighted by molar-refractivity contribution is 5.65. The maximum atomic E-state index is 10.7. The van der Waals surface area contributed by atoms with E-state index in [9.17, 15) is 4.79 Å². The molecular formula is C12H13NO3. The Morgan fingerprint density at radius 3 is 2.56 bits per heavy atom. The van der Waals surface area contributed by atoms with Gasteiger partial charge < -0.3 is 15.2 Å². The molecule has 0 saturated heterocycles. The van der Waals surface area contributed by atoms with E-state index in [-0.39, 0.29) is 6.42 Å². The number of benzene rings is 1. The predicted octanol–water partition coefficient (Wildman–Crippen LogP) is 1.85. The molecule has 1 unspecified atom stereocenters. The van der Waals surface area contributed by atoms with Crippen LogP contribution in [0, 0.1) is 12.3 Å². The number of primary amides is 1. The van der Waals surface area contributed by atoms with Gasteiger partial charge in [0.2, 0.25) is 0 Å². The van der Waals surface area contributed by atoms with Crippen molar-refractivity contribution in [2.75, 3.05) is 7.11 Å². The van der Waals surface area contributed by atoms with Gasteiger partial charge in [0.05, 0.1) is 13.5 Å². The quantitative estimate of drug-likeness (QED) is 0.786. The van der Waals surface area contributed by atoms with E-state index in [1.807, 2.05) is 0 Å². The van der Waals surface area contributed by atoms with Crippen LogP contribution in [0.25, 0.3) is 0 Å². The molecule has 0 aliphatic heterocycles. The molecule has 0 saturated carbocycles. The molecule has 1 rings (SSSR count). The zero-order valence-electron chi connectivity index (χ0n) is 8.97. The average Bonchev–Trinajstić information content (AvgIpc) is 2.28. The molecule has 0 heterocycles. The van der Waals surface area contributed by atoms with Gasteiger partial charge in [-0.25, -0.2) is 4.79 Å². The number of methoxy groups -OCH3 is 1. The van der Waals surface area contributed by atoms with Crippen LogP contribution < -0.4 is 10.5 Å². The minimum Gasteiger partial charge on any atom is -0.497 e. The van der Waals surface area contributed by atoms with Crippen LogP contribution in [-0.4, -0.2) is 13.2 Å². The summed E-state index contributed by atoms with van der Waals surface area (Å²) in [5.41, 5.74) is 5.75. The summed E-state index contributed by atoms with van der Waals surface area (Å²) in [4.78, 5) is 10.7. The molecule has 1 amide bonds. The lowest BCUT2D eigenvalue weighted by Gasteiger charge is -2.14. The minimum atomic E-state index is -0.837. The molecule has 4 heteroatoms. The summed E-state index contributed by atoms with van der Waals surface area (Å²) in [5.74, 6) is 3.16. The fraction of sp³-hybridized carbons (Fsp3) is 0.250. The normalized spacial score (nSPS) is 11.2.